The third kappa shape index (κ3) is 5.30. The molecule has 0 aromatic heterocycles. The summed E-state index contributed by atoms with van der Waals surface area (Å²) >= 11 is 0. The first-order valence-electron chi connectivity index (χ1n) is 10.8. The average molecular weight is 461 g/mol. The molecule has 1 aliphatic rings. The number of piperidine rings is 1. The molecule has 0 radical (unpaired) electrons. The maximum absolute atomic E-state index is 12.8. The van der Waals surface area contributed by atoms with E-state index in [2.05, 4.69) is 0 Å². The van der Waals surface area contributed by atoms with Crippen molar-refractivity contribution in [1.29, 1.82) is 5.26 Å². The molecule has 0 spiro atoms. The minimum Gasteiger partial charge on any atom is -0.461 e. The Morgan fingerprint density at radius 3 is 2.12 bits per heavy atom. The molecule has 0 aliphatic carbocycles. The number of rotatable bonds is 6. The van der Waals surface area contributed by atoms with Crippen LogP contribution in [0.1, 0.15) is 24.0 Å². The van der Waals surface area contributed by atoms with Crippen LogP contribution in [-0.4, -0.2) is 31.8 Å². The van der Waals surface area contributed by atoms with Crippen LogP contribution in [0.4, 0.5) is 0 Å². The zero-order valence-electron chi connectivity index (χ0n) is 18.1. The van der Waals surface area contributed by atoms with Gasteiger partial charge in [0.05, 0.1) is 22.4 Å². The van der Waals surface area contributed by atoms with Crippen molar-refractivity contribution in [2.75, 3.05) is 13.1 Å². The van der Waals surface area contributed by atoms with E-state index in [1.54, 1.807) is 0 Å². The first-order chi connectivity index (χ1) is 16.0. The Kier molecular flexibility index (Phi) is 6.87. The molecule has 0 atom stereocenters. The van der Waals surface area contributed by atoms with E-state index in [0.717, 1.165) is 16.7 Å². The van der Waals surface area contributed by atoms with Crippen LogP contribution in [0.2, 0.25) is 0 Å². The van der Waals surface area contributed by atoms with Gasteiger partial charge in [0.25, 0.3) is 0 Å². The lowest BCUT2D eigenvalue weighted by molar-refractivity contribution is -0.151. The van der Waals surface area contributed by atoms with Gasteiger partial charge < -0.3 is 4.74 Å². The van der Waals surface area contributed by atoms with Gasteiger partial charge in [-0.15, -0.1) is 0 Å². The number of benzene rings is 3. The zero-order chi connectivity index (χ0) is 23.3. The molecule has 1 saturated heterocycles. The molecule has 3 aromatic carbocycles. The van der Waals surface area contributed by atoms with Gasteiger partial charge in [-0.25, -0.2) is 8.42 Å². The number of hydrogen-bond acceptors (Lipinski definition) is 5. The number of nitrogens with zero attached hydrogens (tertiary/aromatic N) is 2. The van der Waals surface area contributed by atoms with Crippen LogP contribution in [0.25, 0.3) is 11.1 Å². The maximum atomic E-state index is 12.8. The lowest BCUT2D eigenvalue weighted by Gasteiger charge is -2.30. The van der Waals surface area contributed by atoms with Crippen molar-refractivity contribution in [3.05, 3.63) is 90.0 Å². The van der Waals surface area contributed by atoms with Crippen molar-refractivity contribution in [3.8, 4) is 17.2 Å². The van der Waals surface area contributed by atoms with Crippen molar-refractivity contribution in [2.24, 2.45) is 5.92 Å². The van der Waals surface area contributed by atoms with Gasteiger partial charge in [-0.2, -0.15) is 9.57 Å². The number of ether oxygens (including phenoxy) is 1. The largest absolute Gasteiger partial charge is 0.461 e. The number of sulfonamides is 1. The molecule has 0 amide bonds. The summed E-state index contributed by atoms with van der Waals surface area (Å²) in [6.45, 7) is 0.708. The molecule has 4 rings (SSSR count). The van der Waals surface area contributed by atoms with Crippen LogP contribution in [-0.2, 0) is 26.2 Å². The smallest absolute Gasteiger partial charge is 0.309 e. The number of carbonyl (C=O) groups excluding carboxylic acids is 1. The summed E-state index contributed by atoms with van der Waals surface area (Å²) < 4.78 is 32.6. The van der Waals surface area contributed by atoms with Gasteiger partial charge in [-0.3, -0.25) is 4.79 Å². The minimum absolute atomic E-state index is 0.154. The summed E-state index contributed by atoms with van der Waals surface area (Å²) in [5.41, 5.74) is 3.54. The molecule has 1 fully saturated rings. The molecule has 33 heavy (non-hydrogen) atoms. The predicted octanol–water partition coefficient (Wildman–Crippen LogP) is 4.37. The molecular formula is C26H24N2O4S. The SMILES string of the molecule is N#Cc1ccc(S(=O)(=O)N2CCC(C(=O)OCc3ccc(-c4ccccc4)cc3)CC2)cc1. The average Bonchev–Trinajstić information content (AvgIpc) is 2.88. The number of esters is 1. The number of carbonyl (C=O) groups is 1. The van der Waals surface area contributed by atoms with Gasteiger partial charge in [0, 0.05) is 13.1 Å². The Labute approximate surface area is 194 Å². The molecule has 0 unspecified atom stereocenters. The van der Waals surface area contributed by atoms with Gasteiger partial charge in [0.15, 0.2) is 0 Å². The van der Waals surface area contributed by atoms with Crippen molar-refractivity contribution in [1.82, 2.24) is 4.31 Å². The third-order valence-electron chi connectivity index (χ3n) is 5.85. The van der Waals surface area contributed by atoms with Crippen LogP contribution in [0, 0.1) is 17.2 Å². The van der Waals surface area contributed by atoms with Crippen molar-refractivity contribution in [2.45, 2.75) is 24.3 Å². The third-order valence-corrected chi connectivity index (χ3v) is 7.76. The summed E-state index contributed by atoms with van der Waals surface area (Å²) in [5.74, 6) is -0.612. The summed E-state index contributed by atoms with van der Waals surface area (Å²) in [4.78, 5) is 12.7. The molecule has 0 bridgehead atoms. The molecule has 0 saturated carbocycles. The highest BCUT2D eigenvalue weighted by Crippen LogP contribution is 2.25. The Balaban J connectivity index is 1.29. The van der Waals surface area contributed by atoms with Crippen molar-refractivity contribution >= 4 is 16.0 Å². The van der Waals surface area contributed by atoms with E-state index in [-0.39, 0.29) is 36.5 Å². The Bertz CT molecular complexity index is 1240. The molecule has 168 valence electrons. The zero-order valence-corrected chi connectivity index (χ0v) is 18.9. The van der Waals surface area contributed by atoms with E-state index in [9.17, 15) is 13.2 Å². The number of nitriles is 1. The topological polar surface area (TPSA) is 87.5 Å². The Hall–Kier alpha value is -3.47. The van der Waals surface area contributed by atoms with Gasteiger partial charge in [-0.1, -0.05) is 54.6 Å². The normalized spacial score (nSPS) is 15.0. The first-order valence-corrected chi connectivity index (χ1v) is 12.2. The first kappa shape index (κ1) is 22.7. The molecule has 1 heterocycles. The van der Waals surface area contributed by atoms with E-state index in [4.69, 9.17) is 10.00 Å². The van der Waals surface area contributed by atoms with E-state index in [1.165, 1.54) is 28.6 Å². The van der Waals surface area contributed by atoms with Gasteiger partial charge in [0.1, 0.15) is 6.61 Å². The molecular weight excluding hydrogens is 436 g/mol. The maximum Gasteiger partial charge on any atom is 0.309 e. The van der Waals surface area contributed by atoms with Crippen molar-refractivity contribution in [3.63, 3.8) is 0 Å². The minimum atomic E-state index is -3.65. The van der Waals surface area contributed by atoms with Crippen LogP contribution < -0.4 is 0 Å². The second-order valence-electron chi connectivity index (χ2n) is 7.99. The summed E-state index contributed by atoms with van der Waals surface area (Å²) in [6, 6.07) is 25.8. The highest BCUT2D eigenvalue weighted by atomic mass is 32.2. The fraction of sp³-hybridized carbons (Fsp3) is 0.231. The monoisotopic (exact) mass is 460 g/mol. The summed E-state index contributed by atoms with van der Waals surface area (Å²) in [5, 5.41) is 8.88. The highest BCUT2D eigenvalue weighted by molar-refractivity contribution is 7.89. The second-order valence-corrected chi connectivity index (χ2v) is 9.92. The fourth-order valence-electron chi connectivity index (χ4n) is 3.88. The van der Waals surface area contributed by atoms with E-state index in [1.807, 2.05) is 60.7 Å². The van der Waals surface area contributed by atoms with Gasteiger partial charge in [0.2, 0.25) is 10.0 Å². The Morgan fingerprint density at radius 2 is 1.52 bits per heavy atom. The van der Waals surface area contributed by atoms with Crippen LogP contribution >= 0.6 is 0 Å². The van der Waals surface area contributed by atoms with E-state index < -0.39 is 10.0 Å². The molecule has 7 heteroatoms. The van der Waals surface area contributed by atoms with Crippen molar-refractivity contribution < 1.29 is 17.9 Å². The van der Waals surface area contributed by atoms with E-state index >= 15 is 0 Å². The predicted molar refractivity (Wildman–Crippen MR) is 124 cm³/mol. The van der Waals surface area contributed by atoms with Crippen LogP contribution in [0.3, 0.4) is 0 Å². The second kappa shape index (κ2) is 9.99. The van der Waals surface area contributed by atoms with E-state index in [0.29, 0.717) is 18.4 Å². The highest BCUT2D eigenvalue weighted by Gasteiger charge is 2.32. The lowest BCUT2D eigenvalue weighted by Crippen LogP contribution is -2.40. The molecule has 0 N–H and O–H groups in total. The quantitative estimate of drug-likeness (QED) is 0.510. The molecule has 6 nitrogen and oxygen atoms in total. The Morgan fingerprint density at radius 1 is 0.909 bits per heavy atom. The molecule has 3 aromatic rings. The lowest BCUT2D eigenvalue weighted by atomic mass is 9.98. The standard InChI is InChI=1S/C26H24N2O4S/c27-18-20-8-12-25(13-9-20)33(30,31)28-16-14-24(15-17-28)26(29)32-19-21-6-10-23(11-7-21)22-4-2-1-3-5-22/h1-13,24H,14-17,19H2. The summed E-state index contributed by atoms with van der Waals surface area (Å²) in [7, 11) is -3.65. The molecule has 1 aliphatic heterocycles. The van der Waals surface area contributed by atoms with Gasteiger partial charge >= 0.3 is 5.97 Å². The van der Waals surface area contributed by atoms with Gasteiger partial charge in [-0.05, 0) is 53.8 Å². The van der Waals surface area contributed by atoms with Crippen LogP contribution in [0.15, 0.2) is 83.8 Å². The number of hydrogen-bond donors (Lipinski definition) is 0. The van der Waals surface area contributed by atoms with Crippen LogP contribution in [0.5, 0.6) is 0 Å². The fourth-order valence-corrected chi connectivity index (χ4v) is 5.35. The summed E-state index contributed by atoms with van der Waals surface area (Å²) in [6.07, 6.45) is 0.836.